The highest BCUT2D eigenvalue weighted by molar-refractivity contribution is 9.10. The quantitative estimate of drug-likeness (QED) is 0.778. The maximum atomic E-state index is 13.3. The van der Waals surface area contributed by atoms with Gasteiger partial charge < -0.3 is 10.2 Å². The normalized spacial score (nSPS) is 15.0. The van der Waals surface area contributed by atoms with E-state index in [1.54, 1.807) is 0 Å². The second-order valence-corrected chi connectivity index (χ2v) is 6.88. The topological polar surface area (TPSA) is 32.3 Å². The Hall–Kier alpha value is -1.88. The summed E-state index contributed by atoms with van der Waals surface area (Å²) in [6.07, 6.45) is 5.05. The SMILES string of the molecule is O=C(Nc1ccc(N2CCCCCC2)cc1)c1cc(F)ccc1Br. The molecule has 0 aliphatic carbocycles. The minimum absolute atomic E-state index is 0.284. The molecular formula is C19H20BrFN2O. The van der Waals surface area contributed by atoms with E-state index in [0.29, 0.717) is 10.2 Å². The minimum atomic E-state index is -0.431. The summed E-state index contributed by atoms with van der Waals surface area (Å²) in [7, 11) is 0. The van der Waals surface area contributed by atoms with Crippen molar-refractivity contribution < 1.29 is 9.18 Å². The maximum Gasteiger partial charge on any atom is 0.256 e. The monoisotopic (exact) mass is 390 g/mol. The van der Waals surface area contributed by atoms with E-state index in [9.17, 15) is 9.18 Å². The molecule has 3 nitrogen and oxygen atoms in total. The third kappa shape index (κ3) is 4.15. The summed E-state index contributed by atoms with van der Waals surface area (Å²) >= 11 is 3.28. The van der Waals surface area contributed by atoms with Crippen molar-refractivity contribution in [2.24, 2.45) is 0 Å². The lowest BCUT2D eigenvalue weighted by atomic mass is 10.2. The molecule has 0 saturated carbocycles. The third-order valence-corrected chi connectivity index (χ3v) is 4.96. The number of hydrogen-bond donors (Lipinski definition) is 1. The lowest BCUT2D eigenvalue weighted by Gasteiger charge is -2.22. The van der Waals surface area contributed by atoms with Crippen LogP contribution in [0.4, 0.5) is 15.8 Å². The second-order valence-electron chi connectivity index (χ2n) is 6.03. The van der Waals surface area contributed by atoms with Crippen LogP contribution in [0.5, 0.6) is 0 Å². The number of benzene rings is 2. The number of amides is 1. The van der Waals surface area contributed by atoms with Crippen LogP contribution in [0, 0.1) is 5.82 Å². The smallest absolute Gasteiger partial charge is 0.256 e. The zero-order valence-corrected chi connectivity index (χ0v) is 15.0. The van der Waals surface area contributed by atoms with Gasteiger partial charge in [-0.15, -0.1) is 0 Å². The lowest BCUT2D eigenvalue weighted by molar-refractivity contribution is 0.102. The summed E-state index contributed by atoms with van der Waals surface area (Å²) in [5.41, 5.74) is 2.17. The molecule has 0 spiro atoms. The fourth-order valence-corrected chi connectivity index (χ4v) is 3.38. The Morgan fingerprint density at radius 2 is 1.67 bits per heavy atom. The lowest BCUT2D eigenvalue weighted by Crippen LogP contribution is -2.23. The van der Waals surface area contributed by atoms with Crippen LogP contribution in [0.2, 0.25) is 0 Å². The Morgan fingerprint density at radius 1 is 1.00 bits per heavy atom. The summed E-state index contributed by atoms with van der Waals surface area (Å²) in [6, 6.07) is 11.9. The molecule has 1 amide bonds. The average Bonchev–Trinajstić information content (AvgIpc) is 2.87. The second kappa shape index (κ2) is 7.79. The molecule has 1 aliphatic heterocycles. The molecule has 3 rings (SSSR count). The first-order chi connectivity index (χ1) is 11.6. The molecule has 1 N–H and O–H groups in total. The number of carbonyl (C=O) groups excluding carboxylic acids is 1. The van der Waals surface area contributed by atoms with Gasteiger partial charge in [-0.1, -0.05) is 12.8 Å². The number of nitrogens with zero attached hydrogens (tertiary/aromatic N) is 1. The molecule has 1 heterocycles. The first-order valence-corrected chi connectivity index (χ1v) is 9.04. The molecule has 2 aromatic rings. The molecule has 0 unspecified atom stereocenters. The van der Waals surface area contributed by atoms with Gasteiger partial charge in [0, 0.05) is 28.9 Å². The van der Waals surface area contributed by atoms with Gasteiger partial charge in [-0.3, -0.25) is 4.79 Å². The molecule has 1 fully saturated rings. The largest absolute Gasteiger partial charge is 0.372 e. The van der Waals surface area contributed by atoms with Gasteiger partial charge in [-0.05, 0) is 71.2 Å². The number of rotatable bonds is 3. The van der Waals surface area contributed by atoms with Crippen LogP contribution in [0.1, 0.15) is 36.0 Å². The molecular weight excluding hydrogens is 371 g/mol. The van der Waals surface area contributed by atoms with Gasteiger partial charge in [-0.2, -0.15) is 0 Å². The first kappa shape index (κ1) is 17.0. The number of hydrogen-bond acceptors (Lipinski definition) is 2. The summed E-state index contributed by atoms with van der Waals surface area (Å²) in [5, 5.41) is 2.81. The fourth-order valence-electron chi connectivity index (χ4n) is 2.95. The molecule has 2 aromatic carbocycles. The minimum Gasteiger partial charge on any atom is -0.372 e. The Morgan fingerprint density at radius 3 is 2.33 bits per heavy atom. The first-order valence-electron chi connectivity index (χ1n) is 8.25. The highest BCUT2D eigenvalue weighted by Crippen LogP contribution is 2.23. The van der Waals surface area contributed by atoms with E-state index in [2.05, 4.69) is 26.1 Å². The summed E-state index contributed by atoms with van der Waals surface area (Å²) in [6.45, 7) is 2.17. The van der Waals surface area contributed by atoms with Gasteiger partial charge in [0.1, 0.15) is 5.82 Å². The van der Waals surface area contributed by atoms with Gasteiger partial charge in [0.05, 0.1) is 5.56 Å². The standard InChI is InChI=1S/C19H20BrFN2O/c20-18-10-5-14(21)13-17(18)19(24)22-15-6-8-16(9-7-15)23-11-3-1-2-4-12-23/h5-10,13H,1-4,11-12H2,(H,22,24). The van der Waals surface area contributed by atoms with Crippen molar-refractivity contribution >= 4 is 33.2 Å². The third-order valence-electron chi connectivity index (χ3n) is 4.27. The van der Waals surface area contributed by atoms with E-state index in [-0.39, 0.29) is 11.5 Å². The van der Waals surface area contributed by atoms with Crippen molar-refractivity contribution in [3.05, 3.63) is 58.3 Å². The Labute approximate surface area is 150 Å². The van der Waals surface area contributed by atoms with E-state index >= 15 is 0 Å². The molecule has 0 aromatic heterocycles. The van der Waals surface area contributed by atoms with E-state index in [1.165, 1.54) is 49.6 Å². The predicted octanol–water partition coefficient (Wildman–Crippen LogP) is 5.22. The Kier molecular flexibility index (Phi) is 5.51. The summed E-state index contributed by atoms with van der Waals surface area (Å²) in [4.78, 5) is 14.7. The van der Waals surface area contributed by atoms with Gasteiger partial charge in [0.15, 0.2) is 0 Å². The van der Waals surface area contributed by atoms with Crippen LogP contribution >= 0.6 is 15.9 Å². The average molecular weight is 391 g/mol. The van der Waals surface area contributed by atoms with Crippen molar-refractivity contribution in [3.63, 3.8) is 0 Å². The van der Waals surface area contributed by atoms with Gasteiger partial charge >= 0.3 is 0 Å². The fraction of sp³-hybridized carbons (Fsp3) is 0.316. The van der Waals surface area contributed by atoms with Crippen molar-refractivity contribution in [1.29, 1.82) is 0 Å². The number of nitrogens with one attached hydrogen (secondary N) is 1. The van der Waals surface area contributed by atoms with E-state index in [0.717, 1.165) is 13.1 Å². The molecule has 1 aliphatic rings. The van der Waals surface area contributed by atoms with Crippen molar-refractivity contribution in [2.45, 2.75) is 25.7 Å². The van der Waals surface area contributed by atoms with Crippen LogP contribution in [0.15, 0.2) is 46.9 Å². The molecule has 1 saturated heterocycles. The van der Waals surface area contributed by atoms with Crippen molar-refractivity contribution in [1.82, 2.24) is 0 Å². The van der Waals surface area contributed by atoms with Crippen LogP contribution < -0.4 is 10.2 Å². The summed E-state index contributed by atoms with van der Waals surface area (Å²) < 4.78 is 13.9. The van der Waals surface area contributed by atoms with Gasteiger partial charge in [0.2, 0.25) is 0 Å². The number of carbonyl (C=O) groups is 1. The predicted molar refractivity (Wildman–Crippen MR) is 99.2 cm³/mol. The van der Waals surface area contributed by atoms with E-state index < -0.39 is 5.82 Å². The van der Waals surface area contributed by atoms with Gasteiger partial charge in [-0.25, -0.2) is 4.39 Å². The highest BCUT2D eigenvalue weighted by Gasteiger charge is 2.13. The molecule has 0 bridgehead atoms. The van der Waals surface area contributed by atoms with Crippen LogP contribution in [-0.2, 0) is 0 Å². The zero-order chi connectivity index (χ0) is 16.9. The molecule has 0 radical (unpaired) electrons. The van der Waals surface area contributed by atoms with Crippen molar-refractivity contribution in [3.8, 4) is 0 Å². The highest BCUT2D eigenvalue weighted by atomic mass is 79.9. The molecule has 24 heavy (non-hydrogen) atoms. The van der Waals surface area contributed by atoms with Crippen LogP contribution in [-0.4, -0.2) is 19.0 Å². The Bertz CT molecular complexity index is 710. The van der Waals surface area contributed by atoms with Crippen LogP contribution in [0.25, 0.3) is 0 Å². The van der Waals surface area contributed by atoms with Crippen molar-refractivity contribution in [2.75, 3.05) is 23.3 Å². The number of halogens is 2. The zero-order valence-electron chi connectivity index (χ0n) is 13.4. The molecule has 0 atom stereocenters. The maximum absolute atomic E-state index is 13.3. The van der Waals surface area contributed by atoms with E-state index in [1.807, 2.05) is 24.3 Å². The summed E-state index contributed by atoms with van der Waals surface area (Å²) in [5.74, 6) is -0.760. The number of anilines is 2. The van der Waals surface area contributed by atoms with Crippen LogP contribution in [0.3, 0.4) is 0 Å². The molecule has 5 heteroatoms. The van der Waals surface area contributed by atoms with E-state index in [4.69, 9.17) is 0 Å². The Balaban J connectivity index is 1.69. The van der Waals surface area contributed by atoms with Gasteiger partial charge in [0.25, 0.3) is 5.91 Å². The molecule has 126 valence electrons.